The molecule has 2 aromatic rings. The van der Waals surface area contributed by atoms with E-state index >= 15 is 0 Å². The maximum atomic E-state index is 10.8. The number of nitro groups is 1. The number of halogens is 1. The van der Waals surface area contributed by atoms with Crippen LogP contribution in [0.15, 0.2) is 18.3 Å². The third kappa shape index (κ3) is 1.63. The van der Waals surface area contributed by atoms with Crippen molar-refractivity contribution >= 4 is 28.2 Å². The standard InChI is InChI=1S/C9H6ClN3O3/c1-16-5-2-6-7(10)4-11-12-9(6)8(3-5)13(14)15/h2-4H,1H3. The molecule has 0 spiro atoms. The topological polar surface area (TPSA) is 78.2 Å². The van der Waals surface area contributed by atoms with E-state index in [1.807, 2.05) is 0 Å². The van der Waals surface area contributed by atoms with Gasteiger partial charge in [0.25, 0.3) is 0 Å². The van der Waals surface area contributed by atoms with Crippen LogP contribution in [-0.2, 0) is 0 Å². The fourth-order valence-electron chi connectivity index (χ4n) is 1.34. The van der Waals surface area contributed by atoms with E-state index in [2.05, 4.69) is 10.2 Å². The Balaban J connectivity index is 2.87. The van der Waals surface area contributed by atoms with Crippen LogP contribution in [0.4, 0.5) is 5.69 Å². The molecule has 7 heteroatoms. The first kappa shape index (κ1) is 10.6. The number of ether oxygens (including phenoxy) is 1. The van der Waals surface area contributed by atoms with E-state index in [4.69, 9.17) is 16.3 Å². The van der Waals surface area contributed by atoms with Crippen LogP contribution in [0.1, 0.15) is 0 Å². The second-order valence-electron chi connectivity index (χ2n) is 2.99. The molecular weight excluding hydrogens is 234 g/mol. The number of rotatable bonds is 2. The van der Waals surface area contributed by atoms with Crippen molar-refractivity contribution in [3.8, 4) is 5.75 Å². The summed E-state index contributed by atoms with van der Waals surface area (Å²) < 4.78 is 4.96. The second kappa shape index (κ2) is 3.90. The van der Waals surface area contributed by atoms with Crippen molar-refractivity contribution in [1.82, 2.24) is 10.2 Å². The average Bonchev–Trinajstić information content (AvgIpc) is 2.28. The Bertz CT molecular complexity index is 573. The highest BCUT2D eigenvalue weighted by Gasteiger charge is 2.17. The van der Waals surface area contributed by atoms with E-state index in [1.54, 1.807) is 6.07 Å². The van der Waals surface area contributed by atoms with Gasteiger partial charge >= 0.3 is 5.69 Å². The lowest BCUT2D eigenvalue weighted by Crippen LogP contribution is -1.95. The SMILES string of the molecule is COc1cc([N+](=O)[O-])c2nncc(Cl)c2c1. The summed E-state index contributed by atoms with van der Waals surface area (Å²) in [6, 6.07) is 2.87. The van der Waals surface area contributed by atoms with Crippen molar-refractivity contribution in [3.05, 3.63) is 33.5 Å². The molecule has 0 atom stereocenters. The average molecular weight is 240 g/mol. The van der Waals surface area contributed by atoms with Crippen LogP contribution < -0.4 is 4.74 Å². The normalized spacial score (nSPS) is 10.4. The van der Waals surface area contributed by atoms with Gasteiger partial charge in [0.1, 0.15) is 5.75 Å². The molecule has 6 nitrogen and oxygen atoms in total. The zero-order valence-corrected chi connectivity index (χ0v) is 8.93. The first-order valence-corrected chi connectivity index (χ1v) is 4.64. The molecule has 0 fully saturated rings. The molecule has 0 unspecified atom stereocenters. The number of non-ortho nitro benzene ring substituents is 1. The van der Waals surface area contributed by atoms with Crippen molar-refractivity contribution in [2.24, 2.45) is 0 Å². The minimum Gasteiger partial charge on any atom is -0.496 e. The maximum absolute atomic E-state index is 10.8. The van der Waals surface area contributed by atoms with Crippen molar-refractivity contribution in [2.75, 3.05) is 7.11 Å². The minimum atomic E-state index is -0.546. The molecular formula is C9H6ClN3O3. The molecule has 82 valence electrons. The van der Waals surface area contributed by atoms with Crippen molar-refractivity contribution in [2.45, 2.75) is 0 Å². The van der Waals surface area contributed by atoms with E-state index in [9.17, 15) is 10.1 Å². The Kier molecular flexibility index (Phi) is 2.57. The number of aromatic nitrogens is 2. The van der Waals surface area contributed by atoms with Crippen LogP contribution in [0.2, 0.25) is 5.02 Å². The lowest BCUT2D eigenvalue weighted by atomic mass is 10.2. The largest absolute Gasteiger partial charge is 0.496 e. The van der Waals surface area contributed by atoms with E-state index in [-0.39, 0.29) is 11.2 Å². The first-order valence-electron chi connectivity index (χ1n) is 4.27. The summed E-state index contributed by atoms with van der Waals surface area (Å²) >= 11 is 5.88. The number of fused-ring (bicyclic) bond motifs is 1. The van der Waals surface area contributed by atoms with Crippen LogP contribution in [0.25, 0.3) is 10.9 Å². The van der Waals surface area contributed by atoms with Gasteiger partial charge in [0, 0.05) is 5.39 Å². The zero-order valence-electron chi connectivity index (χ0n) is 8.18. The van der Waals surface area contributed by atoms with Gasteiger partial charge in [-0.1, -0.05) is 11.6 Å². The van der Waals surface area contributed by atoms with Gasteiger partial charge in [0.05, 0.1) is 29.3 Å². The third-order valence-corrected chi connectivity index (χ3v) is 2.38. The van der Waals surface area contributed by atoms with Gasteiger partial charge in [0.2, 0.25) is 0 Å². The maximum Gasteiger partial charge on any atom is 0.301 e. The molecule has 1 heterocycles. The van der Waals surface area contributed by atoms with E-state index in [0.29, 0.717) is 16.2 Å². The third-order valence-electron chi connectivity index (χ3n) is 2.08. The summed E-state index contributed by atoms with van der Waals surface area (Å²) in [5.74, 6) is 0.356. The smallest absolute Gasteiger partial charge is 0.301 e. The monoisotopic (exact) mass is 239 g/mol. The summed E-state index contributed by atoms with van der Waals surface area (Å²) in [6.07, 6.45) is 1.33. The van der Waals surface area contributed by atoms with Crippen molar-refractivity contribution in [3.63, 3.8) is 0 Å². The first-order chi connectivity index (χ1) is 7.63. The Hall–Kier alpha value is -1.95. The summed E-state index contributed by atoms with van der Waals surface area (Å²) in [6.45, 7) is 0. The highest BCUT2D eigenvalue weighted by molar-refractivity contribution is 6.35. The molecule has 0 amide bonds. The Morgan fingerprint density at radius 3 is 2.88 bits per heavy atom. The number of benzene rings is 1. The van der Waals surface area contributed by atoms with Crippen LogP contribution in [0.5, 0.6) is 5.75 Å². The molecule has 1 aromatic heterocycles. The molecule has 16 heavy (non-hydrogen) atoms. The quantitative estimate of drug-likeness (QED) is 0.593. The summed E-state index contributed by atoms with van der Waals surface area (Å²) in [4.78, 5) is 10.3. The van der Waals surface area contributed by atoms with Crippen LogP contribution in [0, 0.1) is 10.1 Å². The van der Waals surface area contributed by atoms with Gasteiger partial charge in [-0.25, -0.2) is 0 Å². The van der Waals surface area contributed by atoms with Gasteiger partial charge in [-0.15, -0.1) is 5.10 Å². The number of nitrogens with zero attached hydrogens (tertiary/aromatic N) is 3. The molecule has 0 saturated carbocycles. The molecule has 0 bridgehead atoms. The molecule has 0 aliphatic heterocycles. The number of hydrogen-bond donors (Lipinski definition) is 0. The van der Waals surface area contributed by atoms with Gasteiger partial charge in [0.15, 0.2) is 5.52 Å². The lowest BCUT2D eigenvalue weighted by Gasteiger charge is -2.03. The minimum absolute atomic E-state index is 0.151. The highest BCUT2D eigenvalue weighted by atomic mass is 35.5. The molecule has 0 aliphatic carbocycles. The Labute approximate surface area is 95.0 Å². The lowest BCUT2D eigenvalue weighted by molar-refractivity contribution is -0.383. The van der Waals surface area contributed by atoms with Crippen LogP contribution >= 0.6 is 11.6 Å². The van der Waals surface area contributed by atoms with Crippen LogP contribution in [-0.4, -0.2) is 22.2 Å². The molecule has 0 saturated heterocycles. The summed E-state index contributed by atoms with van der Waals surface area (Å²) in [5, 5.41) is 18.9. The van der Waals surface area contributed by atoms with E-state index in [0.717, 1.165) is 0 Å². The van der Waals surface area contributed by atoms with Crippen molar-refractivity contribution in [1.29, 1.82) is 0 Å². The fourth-order valence-corrected chi connectivity index (χ4v) is 1.53. The summed E-state index contributed by atoms with van der Waals surface area (Å²) in [5.41, 5.74) is -0.0253. The molecule has 2 rings (SSSR count). The Morgan fingerprint density at radius 2 is 2.25 bits per heavy atom. The number of nitro benzene ring substituents is 1. The Morgan fingerprint density at radius 1 is 1.50 bits per heavy atom. The van der Waals surface area contributed by atoms with Crippen LogP contribution in [0.3, 0.4) is 0 Å². The van der Waals surface area contributed by atoms with Gasteiger partial charge in [-0.2, -0.15) is 5.10 Å². The second-order valence-corrected chi connectivity index (χ2v) is 3.40. The fraction of sp³-hybridized carbons (Fsp3) is 0.111. The predicted octanol–water partition coefficient (Wildman–Crippen LogP) is 2.20. The molecule has 0 N–H and O–H groups in total. The van der Waals surface area contributed by atoms with Gasteiger partial charge in [-0.3, -0.25) is 10.1 Å². The predicted molar refractivity (Wildman–Crippen MR) is 57.8 cm³/mol. The molecule has 0 radical (unpaired) electrons. The van der Waals surface area contributed by atoms with Gasteiger partial charge in [-0.05, 0) is 6.07 Å². The highest BCUT2D eigenvalue weighted by Crippen LogP contribution is 2.32. The summed E-state index contributed by atoms with van der Waals surface area (Å²) in [7, 11) is 1.42. The van der Waals surface area contributed by atoms with E-state index < -0.39 is 4.92 Å². The van der Waals surface area contributed by atoms with Gasteiger partial charge < -0.3 is 4.74 Å². The van der Waals surface area contributed by atoms with Crippen molar-refractivity contribution < 1.29 is 9.66 Å². The molecule has 1 aromatic carbocycles. The number of methoxy groups -OCH3 is 1. The number of hydrogen-bond acceptors (Lipinski definition) is 5. The zero-order chi connectivity index (χ0) is 11.7. The van der Waals surface area contributed by atoms with E-state index in [1.165, 1.54) is 19.4 Å². The molecule has 0 aliphatic rings.